The Balaban J connectivity index is 2.53. The Labute approximate surface area is 89.1 Å². The van der Waals surface area contributed by atoms with Gasteiger partial charge < -0.3 is 9.41 Å². The van der Waals surface area contributed by atoms with Crippen molar-refractivity contribution in [3.05, 3.63) is 12.2 Å². The third kappa shape index (κ3) is 2.15. The number of H-pyrrole nitrogens is 1. The van der Waals surface area contributed by atoms with Crippen LogP contribution >= 0.6 is 0 Å². The van der Waals surface area contributed by atoms with Gasteiger partial charge in [-0.25, -0.2) is 9.97 Å². The molecule has 5 nitrogen and oxygen atoms in total. The van der Waals surface area contributed by atoms with Gasteiger partial charge in [-0.3, -0.25) is 0 Å². The highest BCUT2D eigenvalue weighted by Gasteiger charge is 2.20. The molecule has 1 N–H and O–H groups in total. The molecule has 80 valence electrons. The number of aryl methyl sites for hydroxylation is 1. The largest absolute Gasteiger partial charge is 0.530 e. The van der Waals surface area contributed by atoms with Crippen LogP contribution in [-0.4, -0.2) is 28.3 Å². The van der Waals surface area contributed by atoms with Crippen LogP contribution in [0.25, 0.3) is 11.2 Å². The molecule has 0 spiro atoms. The van der Waals surface area contributed by atoms with E-state index in [2.05, 4.69) is 39.6 Å². The van der Waals surface area contributed by atoms with Crippen LogP contribution in [0, 0.1) is 6.92 Å². The van der Waals surface area contributed by atoms with E-state index in [9.17, 15) is 0 Å². The second-order valence-corrected chi connectivity index (χ2v) is 8.82. The summed E-state index contributed by atoms with van der Waals surface area (Å²) in [7, 11) is -1.65. The average Bonchev–Trinajstić information content (AvgIpc) is 2.48. The van der Waals surface area contributed by atoms with E-state index in [-0.39, 0.29) is 0 Å². The summed E-state index contributed by atoms with van der Waals surface area (Å²) in [5, 5.41) is 0. The topological polar surface area (TPSA) is 63.7 Å². The quantitative estimate of drug-likeness (QED) is 0.788. The number of fused-ring (bicyclic) bond motifs is 1. The molecule has 0 bridgehead atoms. The maximum atomic E-state index is 5.87. The fourth-order valence-corrected chi connectivity index (χ4v) is 2.00. The number of imidazole rings is 1. The highest BCUT2D eigenvalue weighted by Crippen LogP contribution is 2.21. The second kappa shape index (κ2) is 3.30. The molecule has 0 aliphatic heterocycles. The van der Waals surface area contributed by atoms with Crippen LogP contribution in [0.1, 0.15) is 5.82 Å². The number of aromatic amines is 1. The molecule has 0 saturated carbocycles. The van der Waals surface area contributed by atoms with Crippen LogP contribution in [0.3, 0.4) is 0 Å². The van der Waals surface area contributed by atoms with E-state index in [1.54, 1.807) is 6.33 Å². The van der Waals surface area contributed by atoms with Crippen molar-refractivity contribution in [2.75, 3.05) is 0 Å². The zero-order chi connectivity index (χ0) is 11.1. The highest BCUT2D eigenvalue weighted by molar-refractivity contribution is 6.70. The molecule has 0 fully saturated rings. The van der Waals surface area contributed by atoms with Gasteiger partial charge in [-0.05, 0) is 26.6 Å². The smallest absolute Gasteiger partial charge is 0.244 e. The van der Waals surface area contributed by atoms with E-state index in [0.29, 0.717) is 17.4 Å². The minimum absolute atomic E-state index is 0.620. The lowest BCUT2D eigenvalue weighted by Gasteiger charge is -2.18. The van der Waals surface area contributed by atoms with Gasteiger partial charge >= 0.3 is 0 Å². The summed E-state index contributed by atoms with van der Waals surface area (Å²) in [6, 6.07) is 0. The van der Waals surface area contributed by atoms with Gasteiger partial charge in [-0.1, -0.05) is 0 Å². The predicted octanol–water partition coefficient (Wildman–Crippen LogP) is 1.88. The van der Waals surface area contributed by atoms with Gasteiger partial charge in [0.2, 0.25) is 14.2 Å². The van der Waals surface area contributed by atoms with Gasteiger partial charge in [-0.2, -0.15) is 4.98 Å². The molecule has 0 aliphatic rings. The van der Waals surface area contributed by atoms with Gasteiger partial charge in [0.1, 0.15) is 11.3 Å². The number of nitrogens with one attached hydrogen (secondary N) is 1. The van der Waals surface area contributed by atoms with Crippen molar-refractivity contribution in [1.82, 2.24) is 19.9 Å². The lowest BCUT2D eigenvalue weighted by molar-refractivity contribution is 0.536. The first-order valence-electron chi connectivity index (χ1n) is 4.82. The summed E-state index contributed by atoms with van der Waals surface area (Å²) in [5.41, 5.74) is 1.44. The van der Waals surface area contributed by atoms with Crippen LogP contribution in [0.15, 0.2) is 6.33 Å². The third-order valence-corrected chi connectivity index (χ3v) is 2.57. The molecule has 2 heterocycles. The number of hydrogen-bond donors (Lipinski definition) is 1. The molecular formula is C9H14N4OSi. The monoisotopic (exact) mass is 222 g/mol. The first kappa shape index (κ1) is 10.1. The van der Waals surface area contributed by atoms with Crippen molar-refractivity contribution in [3.8, 4) is 5.88 Å². The van der Waals surface area contributed by atoms with E-state index < -0.39 is 8.32 Å². The van der Waals surface area contributed by atoms with E-state index >= 15 is 0 Å². The Kier molecular flexibility index (Phi) is 2.22. The van der Waals surface area contributed by atoms with Gasteiger partial charge in [0.05, 0.1) is 6.33 Å². The number of rotatable bonds is 2. The first-order chi connectivity index (χ1) is 6.96. The molecule has 2 aromatic heterocycles. The van der Waals surface area contributed by atoms with Crippen molar-refractivity contribution < 1.29 is 4.43 Å². The maximum Gasteiger partial charge on any atom is 0.244 e. The van der Waals surface area contributed by atoms with Crippen LogP contribution in [-0.2, 0) is 0 Å². The zero-order valence-electron chi connectivity index (χ0n) is 9.33. The van der Waals surface area contributed by atoms with Crippen LogP contribution in [0.2, 0.25) is 19.6 Å². The normalized spacial score (nSPS) is 12.0. The summed E-state index contributed by atoms with van der Waals surface area (Å²) >= 11 is 0. The number of nitrogens with zero attached hydrogens (tertiary/aromatic N) is 3. The molecule has 2 rings (SSSR count). The molecule has 0 atom stereocenters. The Hall–Kier alpha value is -1.43. The lowest BCUT2D eigenvalue weighted by atomic mass is 10.5. The Morgan fingerprint density at radius 2 is 2.00 bits per heavy atom. The molecule has 0 unspecified atom stereocenters. The van der Waals surface area contributed by atoms with Crippen molar-refractivity contribution in [2.24, 2.45) is 0 Å². The first-order valence-corrected chi connectivity index (χ1v) is 8.23. The van der Waals surface area contributed by atoms with Gasteiger partial charge in [0, 0.05) is 0 Å². The highest BCUT2D eigenvalue weighted by atomic mass is 28.4. The van der Waals surface area contributed by atoms with Crippen molar-refractivity contribution in [1.29, 1.82) is 0 Å². The maximum absolute atomic E-state index is 5.87. The van der Waals surface area contributed by atoms with Gasteiger partial charge in [0.15, 0.2) is 5.65 Å². The summed E-state index contributed by atoms with van der Waals surface area (Å²) in [4.78, 5) is 15.6. The van der Waals surface area contributed by atoms with E-state index in [1.165, 1.54) is 0 Å². The fourth-order valence-electron chi connectivity index (χ4n) is 1.27. The summed E-state index contributed by atoms with van der Waals surface area (Å²) in [6.45, 7) is 8.19. The van der Waals surface area contributed by atoms with Gasteiger partial charge in [0.25, 0.3) is 0 Å². The molecule has 0 radical (unpaired) electrons. The van der Waals surface area contributed by atoms with Crippen molar-refractivity contribution in [3.63, 3.8) is 0 Å². The molecule has 2 aromatic rings. The number of aromatic nitrogens is 4. The van der Waals surface area contributed by atoms with Crippen LogP contribution in [0.5, 0.6) is 5.88 Å². The fraction of sp³-hybridized carbons (Fsp3) is 0.444. The molecule has 15 heavy (non-hydrogen) atoms. The third-order valence-electron chi connectivity index (χ3n) is 1.77. The SMILES string of the molecule is Cc1nc(O[Si](C)(C)C)c2[nH]cnc2n1. The zero-order valence-corrected chi connectivity index (χ0v) is 10.3. The molecule has 0 saturated heterocycles. The lowest BCUT2D eigenvalue weighted by Crippen LogP contribution is -2.30. The molecule has 6 heteroatoms. The van der Waals surface area contributed by atoms with Gasteiger partial charge in [-0.15, -0.1) is 0 Å². The number of hydrogen-bond acceptors (Lipinski definition) is 4. The summed E-state index contributed by atoms with van der Waals surface area (Å²) in [5.74, 6) is 1.30. The minimum atomic E-state index is -1.65. The second-order valence-electron chi connectivity index (χ2n) is 4.39. The van der Waals surface area contributed by atoms with Crippen molar-refractivity contribution in [2.45, 2.75) is 26.6 Å². The Bertz CT molecular complexity index is 488. The van der Waals surface area contributed by atoms with E-state index in [1.807, 2.05) is 6.92 Å². The Morgan fingerprint density at radius 3 is 2.67 bits per heavy atom. The summed E-state index contributed by atoms with van der Waals surface area (Å²) < 4.78 is 5.87. The molecule has 0 amide bonds. The average molecular weight is 222 g/mol. The standard InChI is InChI=1S/C9H14N4OSi/c1-6-12-8-7(10-5-11-8)9(13-6)14-15(2,3)4/h5H,1-4H3,(H,10,11,12,13). The molecular weight excluding hydrogens is 208 g/mol. The minimum Gasteiger partial charge on any atom is -0.530 e. The van der Waals surface area contributed by atoms with Crippen LogP contribution < -0.4 is 4.43 Å². The predicted molar refractivity (Wildman–Crippen MR) is 60.4 cm³/mol. The molecule has 0 aliphatic carbocycles. The van der Waals surface area contributed by atoms with E-state index in [0.717, 1.165) is 5.52 Å². The Morgan fingerprint density at radius 1 is 1.27 bits per heavy atom. The van der Waals surface area contributed by atoms with E-state index in [4.69, 9.17) is 4.43 Å². The van der Waals surface area contributed by atoms with Crippen LogP contribution in [0.4, 0.5) is 0 Å². The molecule has 0 aromatic carbocycles. The summed E-state index contributed by atoms with van der Waals surface area (Å²) in [6.07, 6.45) is 1.61. The van der Waals surface area contributed by atoms with Crippen molar-refractivity contribution >= 4 is 19.5 Å².